The number of phenols is 2. The van der Waals surface area contributed by atoms with Gasteiger partial charge in [-0.2, -0.15) is 0 Å². The maximum atomic E-state index is 10.1. The van der Waals surface area contributed by atoms with Gasteiger partial charge in [0.05, 0.1) is 0 Å². The number of likely N-dealkylation sites (tertiary alicyclic amines) is 1. The fraction of sp³-hybridized carbons (Fsp3) is 0.310. The second-order valence-electron chi connectivity index (χ2n) is 8.74. The predicted molar refractivity (Wildman–Crippen MR) is 132 cm³/mol. The van der Waals surface area contributed by atoms with Crippen molar-refractivity contribution in [1.82, 2.24) is 4.90 Å². The Morgan fingerprint density at radius 3 is 2.42 bits per heavy atom. The van der Waals surface area contributed by atoms with E-state index in [0.29, 0.717) is 34.8 Å². The number of rotatable bonds is 6. The molecule has 0 saturated carbocycles. The quantitative estimate of drug-likeness (QED) is 0.484. The van der Waals surface area contributed by atoms with Crippen LogP contribution >= 0.6 is 0 Å². The van der Waals surface area contributed by atoms with Crippen LogP contribution in [0.3, 0.4) is 0 Å². The molecule has 0 amide bonds. The van der Waals surface area contributed by atoms with E-state index in [0.717, 1.165) is 30.6 Å². The second kappa shape index (κ2) is 8.95. The fourth-order valence-corrected chi connectivity index (χ4v) is 4.66. The van der Waals surface area contributed by atoms with Crippen molar-refractivity contribution in [3.8, 4) is 17.2 Å². The highest BCUT2D eigenvalue weighted by Gasteiger charge is 2.30. The summed E-state index contributed by atoms with van der Waals surface area (Å²) in [6, 6.07) is 18.8. The van der Waals surface area contributed by atoms with Crippen molar-refractivity contribution in [1.29, 1.82) is 0 Å². The smallest absolute Gasteiger partial charge is 0.150 e. The van der Waals surface area contributed by atoms with Crippen LogP contribution in [0.2, 0.25) is 0 Å². The van der Waals surface area contributed by atoms with Crippen molar-refractivity contribution >= 4 is 11.1 Å². The Morgan fingerprint density at radius 2 is 1.73 bits per heavy atom. The minimum atomic E-state index is -2.46. The molecule has 4 nitrogen and oxygen atoms in total. The Hall–Kier alpha value is -3.24. The number of ether oxygens (including phenoxy) is 1. The molecule has 2 aliphatic heterocycles. The molecule has 170 valence electrons. The first-order valence-corrected chi connectivity index (χ1v) is 11.3. The number of fused-ring (bicyclic) bond motifs is 1. The molecule has 5 rings (SSSR count). The van der Waals surface area contributed by atoms with Crippen molar-refractivity contribution in [3.63, 3.8) is 0 Å². The van der Waals surface area contributed by atoms with Crippen LogP contribution in [0.5, 0.6) is 17.2 Å². The number of aromatic hydroxyl groups is 2. The molecule has 1 fully saturated rings. The molecule has 0 spiro atoms. The number of hydrogen-bond acceptors (Lipinski definition) is 4. The Labute approximate surface area is 202 Å². The van der Waals surface area contributed by atoms with E-state index in [9.17, 15) is 10.2 Å². The summed E-state index contributed by atoms with van der Waals surface area (Å²) in [4.78, 5) is 1.87. The minimum absolute atomic E-state index is 0.0159. The summed E-state index contributed by atoms with van der Waals surface area (Å²) in [5, 5.41) is 19.9. The zero-order valence-electron chi connectivity index (χ0n) is 23.6. The molecule has 2 N–H and O–H groups in total. The Balaban J connectivity index is 1.50. The van der Waals surface area contributed by atoms with E-state index in [4.69, 9.17) is 11.6 Å². The predicted octanol–water partition coefficient (Wildman–Crippen LogP) is 6.05. The third-order valence-electron chi connectivity index (χ3n) is 6.33. The average molecular weight is 447 g/mol. The van der Waals surface area contributed by atoms with Gasteiger partial charge in [-0.15, -0.1) is 0 Å². The van der Waals surface area contributed by atoms with Crippen LogP contribution in [0.1, 0.15) is 55.4 Å². The molecule has 2 aliphatic rings. The molecule has 0 aromatic heterocycles. The van der Waals surface area contributed by atoms with E-state index in [1.807, 2.05) is 36.1 Å². The minimum Gasteiger partial charge on any atom is -0.508 e. The molecule has 33 heavy (non-hydrogen) atoms. The molecular formula is C29H31NO3. The van der Waals surface area contributed by atoms with Gasteiger partial charge in [0.1, 0.15) is 23.4 Å². The van der Waals surface area contributed by atoms with Crippen molar-refractivity contribution in [3.05, 3.63) is 89.0 Å². The molecule has 0 aliphatic carbocycles. The number of phenolic OH excluding ortho intramolecular Hbond substituents is 2. The zero-order chi connectivity index (χ0) is 27.2. The molecule has 1 atom stereocenters. The van der Waals surface area contributed by atoms with E-state index in [1.165, 1.54) is 24.3 Å². The molecule has 0 bridgehead atoms. The molecular weight excluding hydrogens is 410 g/mol. The van der Waals surface area contributed by atoms with Crippen molar-refractivity contribution in [2.45, 2.75) is 32.7 Å². The maximum absolute atomic E-state index is 10.1. The first-order valence-electron chi connectivity index (χ1n) is 13.8. The highest BCUT2D eigenvalue weighted by molar-refractivity contribution is 5.95. The van der Waals surface area contributed by atoms with Gasteiger partial charge in [-0.25, -0.2) is 0 Å². The normalized spacial score (nSPS) is 21.6. The number of hydrogen-bond donors (Lipinski definition) is 2. The molecule has 1 unspecified atom stereocenters. The highest BCUT2D eigenvalue weighted by Crippen LogP contribution is 2.47. The van der Waals surface area contributed by atoms with Gasteiger partial charge in [0.15, 0.2) is 0 Å². The monoisotopic (exact) mass is 446 g/mol. The lowest BCUT2D eigenvalue weighted by molar-refractivity contribution is 0.101. The number of benzene rings is 3. The highest BCUT2D eigenvalue weighted by atomic mass is 16.5. The average Bonchev–Trinajstić information content (AvgIpc) is 2.85. The SMILES string of the molecule is [2H]C([2H])([2H])C1=C(c2ccc(O)cc2)C(c2ccc(CC3CN(C([2H])([2H])CC)C3)cc2)Oc2cc(O)ccc21. The Bertz CT molecular complexity index is 1340. The maximum Gasteiger partial charge on any atom is 0.150 e. The van der Waals surface area contributed by atoms with E-state index >= 15 is 0 Å². The van der Waals surface area contributed by atoms with Crippen LogP contribution in [-0.2, 0) is 6.42 Å². The lowest BCUT2D eigenvalue weighted by Gasteiger charge is -2.39. The van der Waals surface area contributed by atoms with Crippen LogP contribution in [0.4, 0.5) is 0 Å². The van der Waals surface area contributed by atoms with Gasteiger partial charge in [0.25, 0.3) is 0 Å². The van der Waals surface area contributed by atoms with Gasteiger partial charge in [0, 0.05) is 37.1 Å². The van der Waals surface area contributed by atoms with Gasteiger partial charge in [-0.05, 0) is 78.6 Å². The zero-order valence-corrected chi connectivity index (χ0v) is 18.6. The summed E-state index contributed by atoms with van der Waals surface area (Å²) in [5.41, 5.74) is 3.56. The summed E-state index contributed by atoms with van der Waals surface area (Å²) in [5.74, 6) is 0.748. The standard InChI is InChI=1S/C29H31NO3/c1-3-14-30-17-21(18-30)15-20-4-6-23(7-5-20)29-28(22-8-10-24(31)11-9-22)19(2)26-13-12-25(32)16-27(26)33-29/h4-13,16,21,29,31-32H,3,14-15,17-18H2,1-2H3/i2D3,14D2. The van der Waals surface area contributed by atoms with E-state index in [2.05, 4.69) is 0 Å². The third-order valence-corrected chi connectivity index (χ3v) is 6.33. The topological polar surface area (TPSA) is 52.9 Å². The first-order chi connectivity index (χ1) is 18.0. The fourth-order valence-electron chi connectivity index (χ4n) is 4.66. The molecule has 1 saturated heterocycles. The number of allylic oxidation sites excluding steroid dienone is 1. The first kappa shape index (κ1) is 16.4. The van der Waals surface area contributed by atoms with E-state index in [1.54, 1.807) is 18.2 Å². The van der Waals surface area contributed by atoms with Gasteiger partial charge in [-0.1, -0.05) is 43.3 Å². The summed E-state index contributed by atoms with van der Waals surface area (Å²) in [6.07, 6.45) is 0.556. The lowest BCUT2D eigenvalue weighted by Crippen LogP contribution is -2.47. The van der Waals surface area contributed by atoms with Gasteiger partial charge < -0.3 is 19.8 Å². The number of nitrogens with zero attached hydrogens (tertiary/aromatic N) is 1. The van der Waals surface area contributed by atoms with Crippen LogP contribution in [0, 0.1) is 5.92 Å². The summed E-state index contributed by atoms with van der Waals surface area (Å²) < 4.78 is 47.6. The van der Waals surface area contributed by atoms with Gasteiger partial charge in [-0.3, -0.25) is 0 Å². The lowest BCUT2D eigenvalue weighted by atomic mass is 9.85. The second-order valence-corrected chi connectivity index (χ2v) is 8.74. The largest absolute Gasteiger partial charge is 0.508 e. The van der Waals surface area contributed by atoms with Crippen LogP contribution in [0.15, 0.2) is 66.7 Å². The summed E-state index contributed by atoms with van der Waals surface area (Å²) in [7, 11) is 0. The third kappa shape index (κ3) is 4.36. The summed E-state index contributed by atoms with van der Waals surface area (Å²) >= 11 is 0. The molecule has 4 heteroatoms. The van der Waals surface area contributed by atoms with Crippen molar-refractivity contribution < 1.29 is 21.8 Å². The van der Waals surface area contributed by atoms with Gasteiger partial charge >= 0.3 is 0 Å². The Morgan fingerprint density at radius 1 is 1.00 bits per heavy atom. The van der Waals surface area contributed by atoms with Crippen LogP contribution in [-0.4, -0.2) is 34.7 Å². The Kier molecular flexibility index (Phi) is 4.44. The van der Waals surface area contributed by atoms with E-state index in [-0.39, 0.29) is 17.1 Å². The van der Waals surface area contributed by atoms with E-state index < -0.39 is 19.5 Å². The van der Waals surface area contributed by atoms with Crippen LogP contribution < -0.4 is 4.74 Å². The van der Waals surface area contributed by atoms with Crippen molar-refractivity contribution in [2.75, 3.05) is 19.6 Å². The molecule has 3 aromatic rings. The molecule has 0 radical (unpaired) electrons. The van der Waals surface area contributed by atoms with Crippen molar-refractivity contribution in [2.24, 2.45) is 5.92 Å². The van der Waals surface area contributed by atoms with Crippen LogP contribution in [0.25, 0.3) is 11.1 Å². The summed E-state index contributed by atoms with van der Waals surface area (Å²) in [6.45, 7) is -0.409. The molecule has 3 aromatic carbocycles. The molecule has 2 heterocycles. The van der Waals surface area contributed by atoms with Gasteiger partial charge in [0.2, 0.25) is 0 Å².